The minimum atomic E-state index is 0.854. The zero-order chi connectivity index (χ0) is 8.84. The molecule has 0 saturated carbocycles. The molecule has 0 aromatic carbocycles. The van der Waals surface area contributed by atoms with Gasteiger partial charge in [-0.05, 0) is 22.0 Å². The minimum Gasteiger partial charge on any atom is -0.271 e. The summed E-state index contributed by atoms with van der Waals surface area (Å²) in [6.45, 7) is 0. The van der Waals surface area contributed by atoms with Gasteiger partial charge in [-0.2, -0.15) is 0 Å². The second-order valence-electron chi connectivity index (χ2n) is 2.58. The van der Waals surface area contributed by atoms with Crippen molar-refractivity contribution in [3.8, 4) is 0 Å². The number of rotatable bonds is 0. The van der Waals surface area contributed by atoms with Crippen molar-refractivity contribution in [2.75, 3.05) is 0 Å². The maximum Gasteiger partial charge on any atom is 0.172 e. The van der Waals surface area contributed by atoms with Crippen LogP contribution in [0.3, 0.4) is 0 Å². The van der Waals surface area contributed by atoms with Gasteiger partial charge in [0.2, 0.25) is 0 Å². The highest BCUT2D eigenvalue weighted by Crippen LogP contribution is 2.29. The molecule has 64 valence electrons. The van der Waals surface area contributed by atoms with Crippen LogP contribution in [-0.2, 0) is 0 Å². The lowest BCUT2D eigenvalue weighted by Gasteiger charge is -1.90. The number of hydrogen-bond donors (Lipinski definition) is 0. The van der Waals surface area contributed by atoms with Gasteiger partial charge in [0.05, 0.1) is 9.17 Å². The van der Waals surface area contributed by atoms with Gasteiger partial charge in [0.1, 0.15) is 17.5 Å². The van der Waals surface area contributed by atoms with Crippen LogP contribution < -0.4 is 0 Å². The molecule has 0 aliphatic carbocycles. The van der Waals surface area contributed by atoms with Crippen molar-refractivity contribution in [2.45, 2.75) is 0 Å². The molecule has 0 fully saturated rings. The summed E-state index contributed by atoms with van der Waals surface area (Å²) < 4.78 is 2.87. The number of aromatic nitrogens is 4. The second-order valence-corrected chi connectivity index (χ2v) is 4.99. The predicted octanol–water partition coefficient (Wildman–Crippen LogP) is 2.10. The van der Waals surface area contributed by atoms with Crippen molar-refractivity contribution in [1.29, 1.82) is 0 Å². The summed E-state index contributed by atoms with van der Waals surface area (Å²) in [5, 5.41) is 8.88. The van der Waals surface area contributed by atoms with E-state index in [1.165, 1.54) is 0 Å². The van der Waals surface area contributed by atoms with E-state index in [-0.39, 0.29) is 0 Å². The molecule has 3 heterocycles. The van der Waals surface area contributed by atoms with Crippen molar-refractivity contribution in [2.24, 2.45) is 0 Å². The Hall–Kier alpha value is -1.01. The largest absolute Gasteiger partial charge is 0.271 e. The lowest BCUT2D eigenvalue weighted by atomic mass is 10.4. The van der Waals surface area contributed by atoms with Crippen LogP contribution in [0.15, 0.2) is 22.5 Å². The smallest absolute Gasteiger partial charge is 0.172 e. The molecule has 0 radical (unpaired) electrons. The molecule has 0 aliphatic rings. The van der Waals surface area contributed by atoms with Gasteiger partial charge in [-0.1, -0.05) is 0 Å². The van der Waals surface area contributed by atoms with Crippen LogP contribution in [-0.4, -0.2) is 19.6 Å². The van der Waals surface area contributed by atoms with Crippen LogP contribution in [0.25, 0.3) is 15.9 Å². The van der Waals surface area contributed by atoms with E-state index in [1.54, 1.807) is 24.0 Å². The third-order valence-corrected chi connectivity index (χ3v) is 3.34. The Morgan fingerprint density at radius 3 is 3.23 bits per heavy atom. The molecule has 0 unspecified atom stereocenters. The van der Waals surface area contributed by atoms with Gasteiger partial charge in [-0.15, -0.1) is 21.5 Å². The molecule has 6 heteroatoms. The van der Waals surface area contributed by atoms with Gasteiger partial charge >= 0.3 is 0 Å². The number of nitrogens with zero attached hydrogens (tertiary/aromatic N) is 4. The molecule has 3 aromatic rings. The van der Waals surface area contributed by atoms with Gasteiger partial charge < -0.3 is 0 Å². The Kier molecular flexibility index (Phi) is 1.42. The molecule has 0 spiro atoms. The highest BCUT2D eigenvalue weighted by Gasteiger charge is 2.06. The highest BCUT2D eigenvalue weighted by molar-refractivity contribution is 9.11. The zero-order valence-corrected chi connectivity index (χ0v) is 8.71. The van der Waals surface area contributed by atoms with E-state index < -0.39 is 0 Å². The quantitative estimate of drug-likeness (QED) is 0.617. The van der Waals surface area contributed by atoms with E-state index >= 15 is 0 Å². The molecule has 0 atom stereocenters. The third kappa shape index (κ3) is 0.988. The van der Waals surface area contributed by atoms with Gasteiger partial charge in [-0.3, -0.25) is 4.40 Å². The topological polar surface area (TPSA) is 43.1 Å². The summed E-state index contributed by atoms with van der Waals surface area (Å²) in [5.74, 6) is 0. The molecule has 4 nitrogen and oxygen atoms in total. The molecular weight excluding hydrogens is 252 g/mol. The van der Waals surface area contributed by atoms with Crippen molar-refractivity contribution < 1.29 is 0 Å². The molecule has 0 saturated heterocycles. The van der Waals surface area contributed by atoms with Crippen LogP contribution >= 0.6 is 27.3 Å². The van der Waals surface area contributed by atoms with E-state index in [0.29, 0.717) is 0 Å². The molecule has 0 N–H and O–H groups in total. The minimum absolute atomic E-state index is 0.854. The molecule has 3 aromatic heterocycles. The first kappa shape index (κ1) is 7.40. The lowest BCUT2D eigenvalue weighted by Crippen LogP contribution is -1.84. The Balaban J connectivity index is 2.64. The first-order chi connectivity index (χ1) is 6.34. The van der Waals surface area contributed by atoms with Crippen LogP contribution in [0, 0.1) is 0 Å². The Morgan fingerprint density at radius 2 is 2.31 bits per heavy atom. The Bertz CT molecular complexity index is 584. The maximum atomic E-state index is 4.27. The standard InChI is InChI=1S/C7H3BrN4S/c8-5-1-4-6-11-10-3-12(6)2-9-7(4)13-5/h1-3H. The predicted molar refractivity (Wildman–Crippen MR) is 53.9 cm³/mol. The van der Waals surface area contributed by atoms with Crippen LogP contribution in [0.1, 0.15) is 0 Å². The molecule has 0 aliphatic heterocycles. The summed E-state index contributed by atoms with van der Waals surface area (Å²) >= 11 is 5.01. The van der Waals surface area contributed by atoms with Crippen molar-refractivity contribution in [1.82, 2.24) is 19.6 Å². The summed E-state index contributed by atoms with van der Waals surface area (Å²) in [5.41, 5.74) is 0.854. The Labute approximate surface area is 85.4 Å². The molecule has 0 bridgehead atoms. The van der Waals surface area contributed by atoms with Crippen LogP contribution in [0.5, 0.6) is 0 Å². The van der Waals surface area contributed by atoms with Crippen LogP contribution in [0.2, 0.25) is 0 Å². The number of fused-ring (bicyclic) bond motifs is 3. The first-order valence-corrected chi connectivity index (χ1v) is 5.19. The van der Waals surface area contributed by atoms with E-state index in [0.717, 1.165) is 19.7 Å². The number of thiophene rings is 1. The lowest BCUT2D eigenvalue weighted by molar-refractivity contribution is 1.08. The third-order valence-electron chi connectivity index (χ3n) is 1.80. The average molecular weight is 255 g/mol. The number of halogens is 1. The average Bonchev–Trinajstić information content (AvgIpc) is 2.65. The van der Waals surface area contributed by atoms with Gasteiger partial charge in [0, 0.05) is 0 Å². The first-order valence-electron chi connectivity index (χ1n) is 3.58. The molecule has 13 heavy (non-hydrogen) atoms. The maximum absolute atomic E-state index is 4.27. The van der Waals surface area contributed by atoms with E-state index in [4.69, 9.17) is 0 Å². The van der Waals surface area contributed by atoms with Crippen LogP contribution in [0.4, 0.5) is 0 Å². The monoisotopic (exact) mass is 254 g/mol. The normalized spacial score (nSPS) is 11.5. The summed E-state index contributed by atoms with van der Waals surface area (Å²) in [7, 11) is 0. The summed E-state index contributed by atoms with van der Waals surface area (Å²) in [6.07, 6.45) is 3.37. The van der Waals surface area contributed by atoms with E-state index in [1.807, 2.05) is 10.5 Å². The van der Waals surface area contributed by atoms with Crippen molar-refractivity contribution >= 4 is 43.1 Å². The van der Waals surface area contributed by atoms with Crippen molar-refractivity contribution in [3.63, 3.8) is 0 Å². The summed E-state index contributed by atoms with van der Waals surface area (Å²) in [6, 6.07) is 2.01. The Morgan fingerprint density at radius 1 is 1.38 bits per heavy atom. The second kappa shape index (κ2) is 2.49. The zero-order valence-electron chi connectivity index (χ0n) is 6.31. The SMILES string of the molecule is Brc1cc2c(ncn3cnnc23)s1. The fraction of sp³-hybridized carbons (Fsp3) is 0. The van der Waals surface area contributed by atoms with Crippen molar-refractivity contribution in [3.05, 3.63) is 22.5 Å². The highest BCUT2D eigenvalue weighted by atomic mass is 79.9. The van der Waals surface area contributed by atoms with E-state index in [2.05, 4.69) is 31.1 Å². The number of hydrogen-bond acceptors (Lipinski definition) is 4. The summed E-state index contributed by atoms with van der Waals surface area (Å²) in [4.78, 5) is 5.25. The van der Waals surface area contributed by atoms with Gasteiger partial charge in [-0.25, -0.2) is 4.98 Å². The molecular formula is C7H3BrN4S. The van der Waals surface area contributed by atoms with Gasteiger partial charge in [0.15, 0.2) is 5.65 Å². The van der Waals surface area contributed by atoms with Gasteiger partial charge in [0.25, 0.3) is 0 Å². The molecule has 3 rings (SSSR count). The molecule has 0 amide bonds. The fourth-order valence-electron chi connectivity index (χ4n) is 1.24. The fourth-order valence-corrected chi connectivity index (χ4v) is 2.65. The van der Waals surface area contributed by atoms with E-state index in [9.17, 15) is 0 Å².